The molecule has 0 aliphatic heterocycles. The molecule has 0 aliphatic rings. The summed E-state index contributed by atoms with van der Waals surface area (Å²) in [6, 6.07) is 11.8. The Labute approximate surface area is 171 Å². The van der Waals surface area contributed by atoms with Gasteiger partial charge in [-0.2, -0.15) is 4.68 Å². The molecule has 0 saturated carbocycles. The van der Waals surface area contributed by atoms with Crippen LogP contribution in [0.4, 0.5) is 0 Å². The van der Waals surface area contributed by atoms with Crippen LogP contribution in [0.25, 0.3) is 16.7 Å². The molecule has 0 radical (unpaired) electrons. The van der Waals surface area contributed by atoms with Gasteiger partial charge in [-0.25, -0.2) is 4.98 Å². The van der Waals surface area contributed by atoms with Crippen LogP contribution < -0.4 is 0 Å². The van der Waals surface area contributed by atoms with Crippen LogP contribution in [0.1, 0.15) is 17.0 Å². The molecule has 4 aromatic rings. The molecule has 144 valence electrons. The molecule has 0 saturated heterocycles. The number of rotatable bonds is 6. The number of fused-ring (bicyclic) bond motifs is 1. The van der Waals surface area contributed by atoms with E-state index in [9.17, 15) is 5.11 Å². The molecule has 0 unspecified atom stereocenters. The lowest BCUT2D eigenvalue weighted by Crippen LogP contribution is -2.07. The first-order chi connectivity index (χ1) is 13.6. The molecule has 1 N–H and O–H groups in total. The number of imidazole rings is 1. The second-order valence-electron chi connectivity index (χ2n) is 6.49. The Morgan fingerprint density at radius 3 is 2.82 bits per heavy atom. The number of aryl methyl sites for hydroxylation is 2. The predicted octanol–water partition coefficient (Wildman–Crippen LogP) is 3.57. The van der Waals surface area contributed by atoms with Crippen molar-refractivity contribution in [1.29, 1.82) is 0 Å². The maximum Gasteiger partial charge on any atom is 0.214 e. The van der Waals surface area contributed by atoms with Gasteiger partial charge in [-0.05, 0) is 59.7 Å². The summed E-state index contributed by atoms with van der Waals surface area (Å²) < 4.78 is 3.74. The fourth-order valence-corrected chi connectivity index (χ4v) is 4.10. The van der Waals surface area contributed by atoms with E-state index in [1.807, 2.05) is 36.6 Å². The van der Waals surface area contributed by atoms with E-state index >= 15 is 0 Å². The molecule has 9 heteroatoms. The highest BCUT2D eigenvalue weighted by molar-refractivity contribution is 7.98. The molecular weight excluding hydrogens is 396 g/mol. The first-order valence-corrected chi connectivity index (χ1v) is 10.2. The van der Waals surface area contributed by atoms with Gasteiger partial charge in [0, 0.05) is 11.6 Å². The van der Waals surface area contributed by atoms with E-state index in [0.717, 1.165) is 33.7 Å². The molecule has 2 heterocycles. The number of benzene rings is 2. The number of thioether (sulfide) groups is 1. The summed E-state index contributed by atoms with van der Waals surface area (Å²) in [5.41, 5.74) is 4.97. The standard InChI is InChI=1S/C19H19ClN6OS/c1-12-3-4-13(2)16(9-12)26-19(22-23-24-26)28-11-18-21-15-6-5-14(20)10-17(15)25(18)7-8-27/h3-6,9-10,27H,7-8,11H2,1-2H3. The van der Waals surface area contributed by atoms with Gasteiger partial charge in [0.1, 0.15) is 5.82 Å². The van der Waals surface area contributed by atoms with Crippen molar-refractivity contribution in [3.63, 3.8) is 0 Å². The average Bonchev–Trinajstić information content (AvgIpc) is 3.27. The topological polar surface area (TPSA) is 81.7 Å². The SMILES string of the molecule is Cc1ccc(C)c(-n2nnnc2SCc2nc3ccc(Cl)cc3n2CCO)c1. The smallest absolute Gasteiger partial charge is 0.214 e. The first kappa shape index (κ1) is 18.9. The summed E-state index contributed by atoms with van der Waals surface area (Å²) in [5.74, 6) is 1.41. The first-order valence-electron chi connectivity index (χ1n) is 8.81. The fraction of sp³-hybridized carbons (Fsp3) is 0.263. The number of hydrogen-bond acceptors (Lipinski definition) is 6. The number of nitrogens with zero attached hydrogens (tertiary/aromatic N) is 6. The van der Waals surface area contributed by atoms with E-state index in [4.69, 9.17) is 16.6 Å². The van der Waals surface area contributed by atoms with Crippen molar-refractivity contribution in [2.75, 3.05) is 6.61 Å². The van der Waals surface area contributed by atoms with Crippen LogP contribution in [0.15, 0.2) is 41.6 Å². The highest BCUT2D eigenvalue weighted by Crippen LogP contribution is 2.27. The summed E-state index contributed by atoms with van der Waals surface area (Å²) in [6.07, 6.45) is 0. The predicted molar refractivity (Wildman–Crippen MR) is 110 cm³/mol. The number of hydrogen-bond donors (Lipinski definition) is 1. The van der Waals surface area contributed by atoms with E-state index in [-0.39, 0.29) is 6.61 Å². The summed E-state index contributed by atoms with van der Waals surface area (Å²) in [5, 5.41) is 23.0. The Morgan fingerprint density at radius 2 is 2.00 bits per heavy atom. The molecule has 2 aromatic carbocycles. The zero-order valence-corrected chi connectivity index (χ0v) is 17.1. The summed E-state index contributed by atoms with van der Waals surface area (Å²) in [7, 11) is 0. The van der Waals surface area contributed by atoms with Crippen molar-refractivity contribution in [3.8, 4) is 5.69 Å². The Balaban J connectivity index is 1.65. The van der Waals surface area contributed by atoms with Crippen LogP contribution in [0.2, 0.25) is 5.02 Å². The molecular formula is C19H19ClN6OS. The second kappa shape index (κ2) is 7.90. The minimum absolute atomic E-state index is 0.0237. The summed E-state index contributed by atoms with van der Waals surface area (Å²) >= 11 is 7.64. The minimum Gasteiger partial charge on any atom is -0.395 e. The molecule has 7 nitrogen and oxygen atoms in total. The average molecular weight is 415 g/mol. The van der Waals surface area contributed by atoms with Gasteiger partial charge in [0.05, 0.1) is 29.1 Å². The number of tetrazole rings is 1. The highest BCUT2D eigenvalue weighted by Gasteiger charge is 2.15. The number of aromatic nitrogens is 6. The van der Waals surface area contributed by atoms with Gasteiger partial charge in [0.2, 0.25) is 5.16 Å². The van der Waals surface area contributed by atoms with Gasteiger partial charge in [-0.15, -0.1) is 5.10 Å². The lowest BCUT2D eigenvalue weighted by atomic mass is 10.1. The maximum absolute atomic E-state index is 9.47. The van der Waals surface area contributed by atoms with Crippen LogP contribution in [-0.4, -0.2) is 41.5 Å². The minimum atomic E-state index is 0.0237. The number of aliphatic hydroxyl groups is 1. The van der Waals surface area contributed by atoms with Gasteiger partial charge >= 0.3 is 0 Å². The van der Waals surface area contributed by atoms with E-state index in [1.165, 1.54) is 11.8 Å². The molecule has 0 spiro atoms. The molecule has 0 amide bonds. The third-order valence-corrected chi connectivity index (χ3v) is 5.63. The zero-order valence-electron chi connectivity index (χ0n) is 15.5. The van der Waals surface area contributed by atoms with Crippen molar-refractivity contribution >= 4 is 34.4 Å². The molecule has 0 fully saturated rings. The molecule has 28 heavy (non-hydrogen) atoms. The monoisotopic (exact) mass is 414 g/mol. The number of halogens is 1. The molecule has 0 aliphatic carbocycles. The van der Waals surface area contributed by atoms with E-state index < -0.39 is 0 Å². The van der Waals surface area contributed by atoms with Crippen LogP contribution in [0.3, 0.4) is 0 Å². The van der Waals surface area contributed by atoms with Gasteiger partial charge in [-0.3, -0.25) is 0 Å². The van der Waals surface area contributed by atoms with E-state index in [0.29, 0.717) is 22.5 Å². The lowest BCUT2D eigenvalue weighted by Gasteiger charge is -2.09. The lowest BCUT2D eigenvalue weighted by molar-refractivity contribution is 0.276. The third kappa shape index (κ3) is 3.63. The Bertz CT molecular complexity index is 1140. The molecule has 2 aromatic heterocycles. The summed E-state index contributed by atoms with van der Waals surface area (Å²) in [6.45, 7) is 4.56. The highest BCUT2D eigenvalue weighted by atomic mass is 35.5. The van der Waals surface area contributed by atoms with Gasteiger partial charge in [-0.1, -0.05) is 35.5 Å². The van der Waals surface area contributed by atoms with Crippen LogP contribution >= 0.6 is 23.4 Å². The molecule has 0 atom stereocenters. The summed E-state index contributed by atoms with van der Waals surface area (Å²) in [4.78, 5) is 4.70. The second-order valence-corrected chi connectivity index (χ2v) is 7.87. The van der Waals surface area contributed by atoms with Crippen molar-refractivity contribution in [3.05, 3.63) is 58.4 Å². The van der Waals surface area contributed by atoms with E-state index in [2.05, 4.69) is 33.7 Å². The largest absolute Gasteiger partial charge is 0.395 e. The fourth-order valence-electron chi connectivity index (χ4n) is 3.10. The Hall–Kier alpha value is -2.42. The third-order valence-electron chi connectivity index (χ3n) is 4.48. The van der Waals surface area contributed by atoms with Gasteiger partial charge in [0.15, 0.2) is 0 Å². The Morgan fingerprint density at radius 1 is 1.14 bits per heavy atom. The maximum atomic E-state index is 9.47. The van der Waals surface area contributed by atoms with Crippen LogP contribution in [-0.2, 0) is 12.3 Å². The number of aliphatic hydroxyl groups excluding tert-OH is 1. The van der Waals surface area contributed by atoms with Gasteiger partial charge in [0.25, 0.3) is 0 Å². The van der Waals surface area contributed by atoms with Crippen molar-refractivity contribution in [1.82, 2.24) is 29.8 Å². The molecule has 0 bridgehead atoms. The zero-order chi connectivity index (χ0) is 19.7. The van der Waals surface area contributed by atoms with Crippen LogP contribution in [0, 0.1) is 13.8 Å². The Kier molecular flexibility index (Phi) is 5.34. The van der Waals surface area contributed by atoms with Gasteiger partial charge < -0.3 is 9.67 Å². The van der Waals surface area contributed by atoms with Crippen molar-refractivity contribution in [2.45, 2.75) is 31.3 Å². The van der Waals surface area contributed by atoms with E-state index in [1.54, 1.807) is 4.68 Å². The van der Waals surface area contributed by atoms with Crippen molar-refractivity contribution in [2.24, 2.45) is 0 Å². The quantitative estimate of drug-likeness (QED) is 0.486. The molecule has 4 rings (SSSR count). The van der Waals surface area contributed by atoms with Crippen LogP contribution in [0.5, 0.6) is 0 Å². The van der Waals surface area contributed by atoms with Crippen molar-refractivity contribution < 1.29 is 5.11 Å². The normalized spacial score (nSPS) is 11.4.